The van der Waals surface area contributed by atoms with E-state index in [1.54, 1.807) is 19.9 Å². The zero-order valence-electron chi connectivity index (χ0n) is 12.1. The Bertz CT molecular complexity index is 503. The fourth-order valence-corrected chi connectivity index (χ4v) is 1.73. The zero-order valence-corrected chi connectivity index (χ0v) is 12.1. The van der Waals surface area contributed by atoms with Crippen molar-refractivity contribution in [2.75, 3.05) is 13.2 Å². The molecule has 0 aliphatic carbocycles. The van der Waals surface area contributed by atoms with Gasteiger partial charge in [-0.3, -0.25) is 4.79 Å². The van der Waals surface area contributed by atoms with Gasteiger partial charge in [0.1, 0.15) is 0 Å². The summed E-state index contributed by atoms with van der Waals surface area (Å²) in [7, 11) is 0. The molecule has 1 rings (SSSR count). The van der Waals surface area contributed by atoms with Crippen molar-refractivity contribution in [1.82, 2.24) is 0 Å². The van der Waals surface area contributed by atoms with Crippen molar-refractivity contribution in [3.8, 4) is 0 Å². The van der Waals surface area contributed by atoms with Crippen LogP contribution in [0.5, 0.6) is 0 Å². The molecule has 20 heavy (non-hydrogen) atoms. The number of hydrogen-bond donors (Lipinski definition) is 0. The van der Waals surface area contributed by atoms with E-state index in [0.717, 1.165) is 11.1 Å². The topological polar surface area (TPSA) is 52.6 Å². The summed E-state index contributed by atoms with van der Waals surface area (Å²) in [6.45, 7) is 5.98. The van der Waals surface area contributed by atoms with Gasteiger partial charge >= 0.3 is 11.9 Å². The van der Waals surface area contributed by atoms with Crippen LogP contribution in [0.2, 0.25) is 0 Å². The Kier molecular flexibility index (Phi) is 6.50. The highest BCUT2D eigenvalue weighted by Gasteiger charge is 2.16. The Labute approximate surface area is 119 Å². The molecule has 0 N–H and O–H groups in total. The second-order valence-corrected chi connectivity index (χ2v) is 4.29. The van der Waals surface area contributed by atoms with Gasteiger partial charge in [0.2, 0.25) is 0 Å². The highest BCUT2D eigenvalue weighted by atomic mass is 16.5. The largest absolute Gasteiger partial charge is 0.466 e. The highest BCUT2D eigenvalue weighted by Crippen LogP contribution is 2.14. The number of ether oxygens (including phenoxy) is 2. The van der Waals surface area contributed by atoms with Crippen molar-refractivity contribution >= 4 is 18.0 Å². The molecule has 1 aromatic carbocycles. The number of carbonyl (C=O) groups excluding carboxylic acids is 2. The normalized spacial score (nSPS) is 11.1. The molecule has 0 bridgehead atoms. The van der Waals surface area contributed by atoms with E-state index >= 15 is 0 Å². The summed E-state index contributed by atoms with van der Waals surface area (Å²) in [5.41, 5.74) is 2.24. The molecule has 0 spiro atoms. The third-order valence-corrected chi connectivity index (χ3v) is 2.56. The predicted octanol–water partition coefficient (Wildman–Crippen LogP) is 2.89. The number of carbonyl (C=O) groups is 2. The van der Waals surface area contributed by atoms with Gasteiger partial charge in [0.15, 0.2) is 0 Å². The second kappa shape index (κ2) is 8.15. The lowest BCUT2D eigenvalue weighted by Crippen LogP contribution is -2.13. The lowest BCUT2D eigenvalue weighted by molar-refractivity contribution is -0.145. The van der Waals surface area contributed by atoms with Gasteiger partial charge in [0, 0.05) is 5.57 Å². The summed E-state index contributed by atoms with van der Waals surface area (Å²) in [6, 6.07) is 7.67. The standard InChI is InChI=1S/C16H20O4/c1-4-19-15(17)11-14(16(18)20-5-2)10-13-8-6-7-12(3)9-13/h6-10H,4-5,11H2,1-3H3. The van der Waals surface area contributed by atoms with Crippen LogP contribution in [0.25, 0.3) is 6.08 Å². The van der Waals surface area contributed by atoms with Crippen LogP contribution < -0.4 is 0 Å². The first-order valence-electron chi connectivity index (χ1n) is 6.66. The first kappa shape index (κ1) is 16.0. The lowest BCUT2D eigenvalue weighted by Gasteiger charge is -2.07. The molecule has 0 heterocycles. The van der Waals surface area contributed by atoms with E-state index < -0.39 is 11.9 Å². The molecular formula is C16H20O4. The fourth-order valence-electron chi connectivity index (χ4n) is 1.73. The van der Waals surface area contributed by atoms with E-state index in [1.165, 1.54) is 0 Å². The molecule has 0 amide bonds. The second-order valence-electron chi connectivity index (χ2n) is 4.29. The minimum atomic E-state index is -0.484. The van der Waals surface area contributed by atoms with Gasteiger partial charge in [-0.15, -0.1) is 0 Å². The Morgan fingerprint density at radius 3 is 2.45 bits per heavy atom. The molecule has 1 aromatic rings. The van der Waals surface area contributed by atoms with Gasteiger partial charge in [-0.2, -0.15) is 0 Å². The lowest BCUT2D eigenvalue weighted by atomic mass is 10.1. The van der Waals surface area contributed by atoms with Crippen molar-refractivity contribution in [2.45, 2.75) is 27.2 Å². The Hall–Kier alpha value is -2.10. The highest BCUT2D eigenvalue weighted by molar-refractivity contribution is 5.98. The van der Waals surface area contributed by atoms with Crippen LogP contribution >= 0.6 is 0 Å². The molecule has 0 saturated carbocycles. The van der Waals surface area contributed by atoms with Gasteiger partial charge < -0.3 is 9.47 Å². The van der Waals surface area contributed by atoms with E-state index in [1.807, 2.05) is 31.2 Å². The molecular weight excluding hydrogens is 256 g/mol. The molecule has 0 radical (unpaired) electrons. The Balaban J connectivity index is 2.97. The maximum absolute atomic E-state index is 11.9. The molecule has 0 aliphatic rings. The summed E-state index contributed by atoms with van der Waals surface area (Å²) in [5, 5.41) is 0. The number of esters is 2. The average Bonchev–Trinajstić information content (AvgIpc) is 2.38. The van der Waals surface area contributed by atoms with Crippen molar-refractivity contribution in [3.63, 3.8) is 0 Å². The summed E-state index contributed by atoms with van der Waals surface area (Å²) in [6.07, 6.45) is 1.59. The van der Waals surface area contributed by atoms with E-state index in [4.69, 9.17) is 9.47 Å². The average molecular weight is 276 g/mol. The number of benzene rings is 1. The fraction of sp³-hybridized carbons (Fsp3) is 0.375. The van der Waals surface area contributed by atoms with E-state index in [-0.39, 0.29) is 13.0 Å². The third-order valence-electron chi connectivity index (χ3n) is 2.56. The molecule has 108 valence electrons. The number of rotatable bonds is 6. The molecule has 0 aliphatic heterocycles. The van der Waals surface area contributed by atoms with Gasteiger partial charge in [-0.25, -0.2) is 4.79 Å². The van der Waals surface area contributed by atoms with Gasteiger partial charge in [-0.05, 0) is 32.4 Å². The summed E-state index contributed by atoms with van der Waals surface area (Å²) >= 11 is 0. The molecule has 4 heteroatoms. The van der Waals surface area contributed by atoms with Crippen LogP contribution in [-0.4, -0.2) is 25.2 Å². The maximum Gasteiger partial charge on any atom is 0.334 e. The Morgan fingerprint density at radius 2 is 1.85 bits per heavy atom. The van der Waals surface area contributed by atoms with E-state index in [2.05, 4.69) is 0 Å². The maximum atomic E-state index is 11.9. The molecule has 0 unspecified atom stereocenters. The molecule has 0 aromatic heterocycles. The SMILES string of the molecule is CCOC(=O)CC(=Cc1cccc(C)c1)C(=O)OCC. The quantitative estimate of drug-likeness (QED) is 0.592. The first-order valence-corrected chi connectivity index (χ1v) is 6.66. The summed E-state index contributed by atoms with van der Waals surface area (Å²) in [5.74, 6) is -0.915. The van der Waals surface area contributed by atoms with Crippen molar-refractivity contribution in [1.29, 1.82) is 0 Å². The van der Waals surface area contributed by atoms with Crippen LogP contribution in [-0.2, 0) is 19.1 Å². The molecule has 0 atom stereocenters. The molecule has 4 nitrogen and oxygen atoms in total. The van der Waals surface area contributed by atoms with Gasteiger partial charge in [0.25, 0.3) is 0 Å². The van der Waals surface area contributed by atoms with Crippen LogP contribution in [0.4, 0.5) is 0 Å². The van der Waals surface area contributed by atoms with Crippen LogP contribution in [0.15, 0.2) is 29.8 Å². The minimum absolute atomic E-state index is 0.0827. The van der Waals surface area contributed by atoms with E-state index in [9.17, 15) is 9.59 Å². The first-order chi connectivity index (χ1) is 9.56. The van der Waals surface area contributed by atoms with Crippen LogP contribution in [0.3, 0.4) is 0 Å². The molecule has 0 saturated heterocycles. The zero-order chi connectivity index (χ0) is 15.0. The van der Waals surface area contributed by atoms with Crippen LogP contribution in [0.1, 0.15) is 31.4 Å². The van der Waals surface area contributed by atoms with Gasteiger partial charge in [-0.1, -0.05) is 29.8 Å². The van der Waals surface area contributed by atoms with Crippen LogP contribution in [0, 0.1) is 6.92 Å². The Morgan fingerprint density at radius 1 is 1.15 bits per heavy atom. The number of hydrogen-bond acceptors (Lipinski definition) is 4. The van der Waals surface area contributed by atoms with Crippen molar-refractivity contribution < 1.29 is 19.1 Å². The van der Waals surface area contributed by atoms with Crippen molar-refractivity contribution in [3.05, 3.63) is 41.0 Å². The predicted molar refractivity (Wildman–Crippen MR) is 77.0 cm³/mol. The number of aryl methyl sites for hydroxylation is 1. The van der Waals surface area contributed by atoms with Crippen molar-refractivity contribution in [2.24, 2.45) is 0 Å². The van der Waals surface area contributed by atoms with Gasteiger partial charge in [0.05, 0.1) is 19.6 Å². The summed E-state index contributed by atoms with van der Waals surface area (Å²) in [4.78, 5) is 23.4. The third kappa shape index (κ3) is 5.26. The smallest absolute Gasteiger partial charge is 0.334 e. The molecule has 0 fully saturated rings. The van der Waals surface area contributed by atoms with E-state index in [0.29, 0.717) is 12.2 Å². The minimum Gasteiger partial charge on any atom is -0.466 e. The summed E-state index contributed by atoms with van der Waals surface area (Å²) < 4.78 is 9.85. The monoisotopic (exact) mass is 276 g/mol.